The van der Waals surface area contributed by atoms with E-state index in [0.717, 1.165) is 50.9 Å². The van der Waals surface area contributed by atoms with Gasteiger partial charge in [0.05, 0.1) is 6.10 Å². The van der Waals surface area contributed by atoms with Crippen LogP contribution < -0.4 is 0 Å². The first-order valence-electron chi connectivity index (χ1n) is 9.05. The minimum Gasteiger partial charge on any atom is -0.393 e. The normalized spacial score (nSPS) is 53.7. The van der Waals surface area contributed by atoms with Gasteiger partial charge in [-0.15, -0.1) is 6.42 Å². The summed E-state index contributed by atoms with van der Waals surface area (Å²) < 4.78 is 0. The van der Waals surface area contributed by atoms with E-state index in [-0.39, 0.29) is 11.5 Å². The summed E-state index contributed by atoms with van der Waals surface area (Å²) in [6.07, 6.45) is 16.3. The molecule has 3 fully saturated rings. The summed E-state index contributed by atoms with van der Waals surface area (Å²) in [7, 11) is 0. The molecule has 2 heteroatoms. The van der Waals surface area contributed by atoms with E-state index in [9.17, 15) is 10.2 Å². The van der Waals surface area contributed by atoms with Gasteiger partial charge in [-0.3, -0.25) is 0 Å². The van der Waals surface area contributed by atoms with E-state index >= 15 is 0 Å². The van der Waals surface area contributed by atoms with E-state index in [2.05, 4.69) is 18.9 Å². The molecule has 4 aliphatic rings. The third-order valence-electron chi connectivity index (χ3n) is 7.81. The molecule has 0 saturated heterocycles. The van der Waals surface area contributed by atoms with Crippen molar-refractivity contribution in [1.29, 1.82) is 0 Å². The highest BCUT2D eigenvalue weighted by atomic mass is 16.3. The fourth-order valence-electron chi connectivity index (χ4n) is 6.50. The molecule has 0 aromatic rings. The Morgan fingerprint density at radius 3 is 2.77 bits per heavy atom. The van der Waals surface area contributed by atoms with Gasteiger partial charge in [0.25, 0.3) is 0 Å². The number of rotatable bonds is 0. The maximum atomic E-state index is 10.9. The summed E-state index contributed by atoms with van der Waals surface area (Å²) in [6, 6.07) is 0. The van der Waals surface area contributed by atoms with Crippen molar-refractivity contribution in [2.24, 2.45) is 29.1 Å². The molecule has 4 aliphatic carbocycles. The van der Waals surface area contributed by atoms with Crippen LogP contribution in [-0.4, -0.2) is 21.9 Å². The zero-order chi connectivity index (χ0) is 15.5. The zero-order valence-corrected chi connectivity index (χ0v) is 13.6. The highest BCUT2D eigenvalue weighted by Gasteiger charge is 2.61. The minimum atomic E-state index is -0.893. The lowest BCUT2D eigenvalue weighted by Gasteiger charge is -2.54. The van der Waals surface area contributed by atoms with E-state index in [1.807, 2.05) is 0 Å². The molecule has 4 rings (SSSR count). The highest BCUT2D eigenvalue weighted by molar-refractivity contribution is 5.26. The highest BCUT2D eigenvalue weighted by Crippen LogP contribution is 2.64. The van der Waals surface area contributed by atoms with Crippen LogP contribution >= 0.6 is 0 Å². The monoisotopic (exact) mass is 300 g/mol. The largest absolute Gasteiger partial charge is 0.393 e. The first-order valence-corrected chi connectivity index (χ1v) is 9.05. The molecule has 0 heterocycles. The minimum absolute atomic E-state index is 0.0948. The molecule has 3 saturated carbocycles. The molecule has 0 radical (unpaired) electrons. The number of aliphatic hydroxyl groups is 2. The van der Waals surface area contributed by atoms with Crippen molar-refractivity contribution in [1.82, 2.24) is 0 Å². The van der Waals surface area contributed by atoms with Gasteiger partial charge in [-0.25, -0.2) is 0 Å². The van der Waals surface area contributed by atoms with Crippen molar-refractivity contribution in [3.8, 4) is 12.3 Å². The summed E-state index contributed by atoms with van der Waals surface area (Å²) in [6.45, 7) is 2.24. The van der Waals surface area contributed by atoms with Gasteiger partial charge in [0.2, 0.25) is 0 Å². The van der Waals surface area contributed by atoms with Crippen molar-refractivity contribution in [3.63, 3.8) is 0 Å². The Labute approximate surface area is 134 Å². The SMILES string of the molecule is C#C[C@]1(O)CCC2C3CC=C4C[C@@H](O)CCC4C3CC[C@@]21C. The first kappa shape index (κ1) is 14.8. The first-order chi connectivity index (χ1) is 10.5. The Morgan fingerprint density at radius 2 is 2.00 bits per heavy atom. The number of hydrogen-bond acceptors (Lipinski definition) is 2. The molecule has 0 aromatic heterocycles. The Hall–Kier alpha value is -0.780. The van der Waals surface area contributed by atoms with Crippen LogP contribution in [0.15, 0.2) is 11.6 Å². The van der Waals surface area contributed by atoms with Crippen molar-refractivity contribution in [2.45, 2.75) is 70.0 Å². The number of fused-ring (bicyclic) bond motifs is 5. The molecule has 0 amide bonds. The van der Waals surface area contributed by atoms with Crippen molar-refractivity contribution in [3.05, 3.63) is 11.6 Å². The number of allylic oxidation sites excluding steroid dienone is 1. The zero-order valence-electron chi connectivity index (χ0n) is 13.6. The molecule has 0 aliphatic heterocycles. The third kappa shape index (κ3) is 1.82. The summed E-state index contributed by atoms with van der Waals surface area (Å²) in [5, 5.41) is 20.9. The van der Waals surface area contributed by atoms with Crippen LogP contribution in [0.4, 0.5) is 0 Å². The Bertz CT molecular complexity index is 544. The maximum absolute atomic E-state index is 10.9. The van der Waals surface area contributed by atoms with E-state index in [1.165, 1.54) is 12.0 Å². The predicted molar refractivity (Wildman–Crippen MR) is 86.9 cm³/mol. The second-order valence-corrected chi connectivity index (χ2v) is 8.49. The summed E-state index contributed by atoms with van der Waals surface area (Å²) in [5.41, 5.74) is 0.534. The molecule has 22 heavy (non-hydrogen) atoms. The van der Waals surface area contributed by atoms with Crippen LogP contribution in [0.2, 0.25) is 0 Å². The fraction of sp³-hybridized carbons (Fsp3) is 0.800. The van der Waals surface area contributed by atoms with Crippen LogP contribution in [0.1, 0.15) is 58.3 Å². The van der Waals surface area contributed by atoms with Crippen LogP contribution in [0.3, 0.4) is 0 Å². The molecule has 2 N–H and O–H groups in total. The molecular formula is C20H28O2. The molecule has 4 unspecified atom stereocenters. The van der Waals surface area contributed by atoms with Crippen LogP contribution in [0.25, 0.3) is 0 Å². The number of hydrogen-bond donors (Lipinski definition) is 2. The van der Waals surface area contributed by atoms with E-state index in [0.29, 0.717) is 17.8 Å². The van der Waals surface area contributed by atoms with Gasteiger partial charge in [-0.05, 0) is 75.0 Å². The molecule has 0 bridgehead atoms. The van der Waals surface area contributed by atoms with Crippen molar-refractivity contribution < 1.29 is 10.2 Å². The second-order valence-electron chi connectivity index (χ2n) is 8.49. The Kier molecular flexibility index (Phi) is 3.26. The lowest BCUT2D eigenvalue weighted by Crippen LogP contribution is -2.52. The summed E-state index contributed by atoms with van der Waals surface area (Å²) in [5.74, 6) is 5.44. The van der Waals surface area contributed by atoms with Gasteiger partial charge >= 0.3 is 0 Å². The van der Waals surface area contributed by atoms with Crippen LogP contribution in [-0.2, 0) is 0 Å². The van der Waals surface area contributed by atoms with E-state index < -0.39 is 5.60 Å². The van der Waals surface area contributed by atoms with Crippen molar-refractivity contribution >= 4 is 0 Å². The van der Waals surface area contributed by atoms with Gasteiger partial charge in [0.1, 0.15) is 5.60 Å². The van der Waals surface area contributed by atoms with Gasteiger partial charge in [-0.1, -0.05) is 24.5 Å². The van der Waals surface area contributed by atoms with Crippen molar-refractivity contribution in [2.75, 3.05) is 0 Å². The molecule has 7 atom stereocenters. The number of terminal acetylenes is 1. The smallest absolute Gasteiger partial charge is 0.130 e. The maximum Gasteiger partial charge on any atom is 0.130 e. The van der Waals surface area contributed by atoms with E-state index in [4.69, 9.17) is 6.42 Å². The molecule has 2 nitrogen and oxygen atoms in total. The van der Waals surface area contributed by atoms with Gasteiger partial charge in [0, 0.05) is 5.41 Å². The lowest BCUT2D eigenvalue weighted by molar-refractivity contribution is -0.0828. The molecule has 0 aromatic carbocycles. The van der Waals surface area contributed by atoms with Gasteiger partial charge in [0.15, 0.2) is 0 Å². The standard InChI is InChI=1S/C20H28O2/c1-3-20(22)11-9-18-17-6-4-13-12-14(21)5-7-15(13)16(17)8-10-19(18,20)2/h1,4,14-18,21-22H,5-12H2,2H3/t14-,15?,16?,17?,18?,19-,20-/m0/s1. The average molecular weight is 300 g/mol. The quantitative estimate of drug-likeness (QED) is 0.532. The summed E-state index contributed by atoms with van der Waals surface area (Å²) >= 11 is 0. The van der Waals surface area contributed by atoms with Crippen LogP contribution in [0, 0.1) is 41.4 Å². The fourth-order valence-corrected chi connectivity index (χ4v) is 6.50. The predicted octanol–water partition coefficient (Wildman–Crippen LogP) is 3.28. The van der Waals surface area contributed by atoms with Gasteiger partial charge in [-0.2, -0.15) is 0 Å². The van der Waals surface area contributed by atoms with Crippen LogP contribution in [0.5, 0.6) is 0 Å². The third-order valence-corrected chi connectivity index (χ3v) is 7.81. The van der Waals surface area contributed by atoms with Gasteiger partial charge < -0.3 is 10.2 Å². The average Bonchev–Trinajstić information content (AvgIpc) is 2.79. The Balaban J connectivity index is 1.64. The topological polar surface area (TPSA) is 40.5 Å². The second kappa shape index (κ2) is 4.86. The summed E-state index contributed by atoms with van der Waals surface area (Å²) in [4.78, 5) is 0. The molecule has 120 valence electrons. The Morgan fingerprint density at radius 1 is 1.18 bits per heavy atom. The number of aliphatic hydroxyl groups excluding tert-OH is 1. The molecule has 0 spiro atoms. The molecular weight excluding hydrogens is 272 g/mol. The lowest BCUT2D eigenvalue weighted by atomic mass is 9.51. The van der Waals surface area contributed by atoms with E-state index in [1.54, 1.807) is 0 Å².